The standard InChI is InChI=1S/C17H24N4O2S/c1-12-4-6-16(7-5-12)21-9-8-15(11-21)10-18-24(22,23)17-13(2)19-20-14(17)3/h4-7,15,18H,8-11H2,1-3H3,(H,19,20). The number of hydrogen-bond donors (Lipinski definition) is 2. The fourth-order valence-electron chi connectivity index (χ4n) is 3.23. The zero-order chi connectivity index (χ0) is 17.3. The number of aromatic nitrogens is 2. The van der Waals surface area contributed by atoms with Gasteiger partial charge in [-0.2, -0.15) is 5.10 Å². The van der Waals surface area contributed by atoms with Gasteiger partial charge in [-0.15, -0.1) is 0 Å². The van der Waals surface area contributed by atoms with Crippen molar-refractivity contribution in [1.82, 2.24) is 14.9 Å². The second-order valence-corrected chi connectivity index (χ2v) is 8.26. The second-order valence-electron chi connectivity index (χ2n) is 6.55. The van der Waals surface area contributed by atoms with Crippen molar-refractivity contribution in [2.75, 3.05) is 24.5 Å². The van der Waals surface area contributed by atoms with Crippen LogP contribution >= 0.6 is 0 Å². The largest absolute Gasteiger partial charge is 0.371 e. The van der Waals surface area contributed by atoms with Crippen LogP contribution in [0.4, 0.5) is 5.69 Å². The fraction of sp³-hybridized carbons (Fsp3) is 0.471. The van der Waals surface area contributed by atoms with Gasteiger partial charge in [-0.1, -0.05) is 17.7 Å². The molecule has 1 aromatic heterocycles. The van der Waals surface area contributed by atoms with Gasteiger partial charge in [0.05, 0.1) is 11.4 Å². The van der Waals surface area contributed by atoms with Gasteiger partial charge in [0, 0.05) is 25.3 Å². The average Bonchev–Trinajstić information content (AvgIpc) is 3.13. The zero-order valence-corrected chi connectivity index (χ0v) is 15.2. The van der Waals surface area contributed by atoms with Crippen molar-refractivity contribution in [2.45, 2.75) is 32.1 Å². The molecule has 7 heteroatoms. The van der Waals surface area contributed by atoms with Gasteiger partial charge in [0.15, 0.2) is 0 Å². The predicted molar refractivity (Wildman–Crippen MR) is 94.7 cm³/mol. The number of sulfonamides is 1. The van der Waals surface area contributed by atoms with E-state index in [-0.39, 0.29) is 4.90 Å². The maximum atomic E-state index is 12.5. The summed E-state index contributed by atoms with van der Waals surface area (Å²) in [6, 6.07) is 8.46. The summed E-state index contributed by atoms with van der Waals surface area (Å²) in [4.78, 5) is 2.59. The van der Waals surface area contributed by atoms with E-state index in [9.17, 15) is 8.42 Å². The lowest BCUT2D eigenvalue weighted by Crippen LogP contribution is -2.31. The summed E-state index contributed by atoms with van der Waals surface area (Å²) in [7, 11) is -3.52. The molecule has 1 unspecified atom stereocenters. The molecule has 1 aliphatic rings. The Morgan fingerprint density at radius 3 is 2.58 bits per heavy atom. The van der Waals surface area contributed by atoms with Crippen LogP contribution in [-0.2, 0) is 10.0 Å². The SMILES string of the molecule is Cc1ccc(N2CCC(CNS(=O)(=O)c3c(C)n[nH]c3C)C2)cc1. The molecule has 0 spiro atoms. The first-order valence-corrected chi connectivity index (χ1v) is 9.68. The molecule has 1 aromatic carbocycles. The molecular weight excluding hydrogens is 324 g/mol. The van der Waals surface area contributed by atoms with Gasteiger partial charge < -0.3 is 4.90 Å². The summed E-state index contributed by atoms with van der Waals surface area (Å²) in [6.45, 7) is 7.78. The first-order valence-electron chi connectivity index (χ1n) is 8.19. The van der Waals surface area contributed by atoms with Gasteiger partial charge in [-0.3, -0.25) is 5.10 Å². The van der Waals surface area contributed by atoms with Crippen molar-refractivity contribution in [1.29, 1.82) is 0 Å². The molecule has 0 aliphatic carbocycles. The Kier molecular flexibility index (Phi) is 4.64. The highest BCUT2D eigenvalue weighted by molar-refractivity contribution is 7.89. The van der Waals surface area contributed by atoms with E-state index in [0.717, 1.165) is 19.5 Å². The van der Waals surface area contributed by atoms with E-state index in [1.807, 2.05) is 0 Å². The van der Waals surface area contributed by atoms with Crippen LogP contribution in [0.5, 0.6) is 0 Å². The van der Waals surface area contributed by atoms with E-state index in [4.69, 9.17) is 0 Å². The van der Waals surface area contributed by atoms with Crippen LogP contribution in [0.2, 0.25) is 0 Å². The molecule has 1 aliphatic heterocycles. The maximum absolute atomic E-state index is 12.5. The Morgan fingerprint density at radius 1 is 1.25 bits per heavy atom. The second kappa shape index (κ2) is 6.57. The Bertz CT molecular complexity index is 792. The van der Waals surface area contributed by atoms with Crippen molar-refractivity contribution in [3.8, 4) is 0 Å². The molecule has 0 bridgehead atoms. The lowest BCUT2D eigenvalue weighted by atomic mass is 10.1. The topological polar surface area (TPSA) is 78.1 Å². The van der Waals surface area contributed by atoms with Crippen LogP contribution in [0.1, 0.15) is 23.4 Å². The summed E-state index contributed by atoms with van der Waals surface area (Å²) in [5, 5.41) is 6.70. The third kappa shape index (κ3) is 3.47. The minimum atomic E-state index is -3.52. The molecule has 1 saturated heterocycles. The number of nitrogens with zero attached hydrogens (tertiary/aromatic N) is 2. The number of aryl methyl sites for hydroxylation is 3. The Labute approximate surface area is 143 Å². The molecular formula is C17H24N4O2S. The van der Waals surface area contributed by atoms with Crippen molar-refractivity contribution in [3.05, 3.63) is 41.2 Å². The van der Waals surface area contributed by atoms with Crippen molar-refractivity contribution in [3.63, 3.8) is 0 Å². The Morgan fingerprint density at radius 2 is 1.96 bits per heavy atom. The number of benzene rings is 1. The highest BCUT2D eigenvalue weighted by Crippen LogP contribution is 2.24. The maximum Gasteiger partial charge on any atom is 0.244 e. The van der Waals surface area contributed by atoms with Crippen LogP contribution < -0.4 is 9.62 Å². The highest BCUT2D eigenvalue weighted by Gasteiger charge is 2.27. The van der Waals surface area contributed by atoms with Gasteiger partial charge >= 0.3 is 0 Å². The van der Waals surface area contributed by atoms with E-state index in [0.29, 0.717) is 23.9 Å². The van der Waals surface area contributed by atoms with Gasteiger partial charge in [0.2, 0.25) is 10.0 Å². The van der Waals surface area contributed by atoms with Gasteiger partial charge in [0.25, 0.3) is 0 Å². The van der Waals surface area contributed by atoms with E-state index < -0.39 is 10.0 Å². The van der Waals surface area contributed by atoms with Gasteiger partial charge in [0.1, 0.15) is 4.90 Å². The molecule has 3 rings (SSSR count). The summed E-state index contributed by atoms with van der Waals surface area (Å²) < 4.78 is 27.7. The summed E-state index contributed by atoms with van der Waals surface area (Å²) in [5.74, 6) is 0.314. The van der Waals surface area contributed by atoms with Crippen LogP contribution in [0.25, 0.3) is 0 Å². The minimum absolute atomic E-state index is 0.274. The number of hydrogen-bond acceptors (Lipinski definition) is 4. The zero-order valence-electron chi connectivity index (χ0n) is 14.3. The monoisotopic (exact) mass is 348 g/mol. The molecule has 0 amide bonds. The number of rotatable bonds is 5. The van der Waals surface area contributed by atoms with Gasteiger partial charge in [-0.05, 0) is 45.2 Å². The minimum Gasteiger partial charge on any atom is -0.371 e. The molecule has 0 radical (unpaired) electrons. The predicted octanol–water partition coefficient (Wildman–Crippen LogP) is 2.14. The average molecular weight is 348 g/mol. The normalized spacial score (nSPS) is 18.3. The van der Waals surface area contributed by atoms with Gasteiger partial charge in [-0.25, -0.2) is 13.1 Å². The molecule has 6 nitrogen and oxygen atoms in total. The molecule has 1 atom stereocenters. The molecule has 2 aromatic rings. The van der Waals surface area contributed by atoms with Crippen LogP contribution in [0, 0.1) is 26.7 Å². The van der Waals surface area contributed by atoms with E-state index in [1.165, 1.54) is 11.3 Å². The summed E-state index contributed by atoms with van der Waals surface area (Å²) >= 11 is 0. The molecule has 1 fully saturated rings. The molecule has 2 heterocycles. The van der Waals surface area contributed by atoms with Crippen molar-refractivity contribution in [2.24, 2.45) is 5.92 Å². The lowest BCUT2D eigenvalue weighted by Gasteiger charge is -2.19. The molecule has 24 heavy (non-hydrogen) atoms. The lowest BCUT2D eigenvalue weighted by molar-refractivity contribution is 0.541. The quantitative estimate of drug-likeness (QED) is 0.868. The van der Waals surface area contributed by atoms with Crippen molar-refractivity contribution >= 4 is 15.7 Å². The first-order chi connectivity index (χ1) is 11.4. The van der Waals surface area contributed by atoms with E-state index in [1.54, 1.807) is 13.8 Å². The summed E-state index contributed by atoms with van der Waals surface area (Å²) in [5.41, 5.74) is 3.53. The molecule has 0 saturated carbocycles. The van der Waals surface area contributed by atoms with E-state index in [2.05, 4.69) is 51.0 Å². The number of aromatic amines is 1. The fourth-order valence-corrected chi connectivity index (χ4v) is 4.71. The smallest absolute Gasteiger partial charge is 0.244 e. The number of anilines is 1. The first kappa shape index (κ1) is 17.0. The molecule has 130 valence electrons. The third-order valence-corrected chi connectivity index (χ3v) is 6.26. The van der Waals surface area contributed by atoms with Crippen LogP contribution in [0.3, 0.4) is 0 Å². The molecule has 2 N–H and O–H groups in total. The third-order valence-electron chi connectivity index (χ3n) is 4.58. The number of H-pyrrole nitrogens is 1. The van der Waals surface area contributed by atoms with Crippen molar-refractivity contribution < 1.29 is 8.42 Å². The van der Waals surface area contributed by atoms with Crippen LogP contribution in [-0.4, -0.2) is 38.2 Å². The van der Waals surface area contributed by atoms with E-state index >= 15 is 0 Å². The number of nitrogens with one attached hydrogen (secondary N) is 2. The Hall–Kier alpha value is -1.86. The highest BCUT2D eigenvalue weighted by atomic mass is 32.2. The Balaban J connectivity index is 1.61. The van der Waals surface area contributed by atoms with Crippen LogP contribution in [0.15, 0.2) is 29.2 Å². The summed E-state index contributed by atoms with van der Waals surface area (Å²) in [6.07, 6.45) is 0.986.